The summed E-state index contributed by atoms with van der Waals surface area (Å²) in [5.41, 5.74) is 1.03. The Morgan fingerprint density at radius 3 is 2.62 bits per heavy atom. The molecule has 2 aliphatic rings. The summed E-state index contributed by atoms with van der Waals surface area (Å²) in [6.07, 6.45) is 5.05. The molecule has 1 aliphatic heterocycles. The molecule has 188 valence electrons. The summed E-state index contributed by atoms with van der Waals surface area (Å²) in [4.78, 5) is 30.2. The van der Waals surface area contributed by atoms with Crippen molar-refractivity contribution in [3.8, 4) is 17.2 Å². The van der Waals surface area contributed by atoms with Gasteiger partial charge in [-0.05, 0) is 55.7 Å². The first kappa shape index (κ1) is 24.4. The number of fused-ring (bicyclic) bond motifs is 1. The van der Waals surface area contributed by atoms with Gasteiger partial charge in [-0.1, -0.05) is 30.4 Å². The fraction of sp³-hybridized carbons (Fsp3) is 0.207. The molecule has 0 spiro atoms. The van der Waals surface area contributed by atoms with E-state index in [-0.39, 0.29) is 23.3 Å². The predicted octanol–water partition coefficient (Wildman–Crippen LogP) is 5.83. The zero-order chi connectivity index (χ0) is 26.2. The molecule has 1 aliphatic carbocycles. The molecule has 1 aromatic heterocycles. The molecule has 0 atom stereocenters. The standard InChI is InChI=1S/C29H24F2N2O4/c1-29(2)16-36-27-25(12-13-32-28(27)33-29)37-24-11-6-17(14-22(24)31)15-23(34)21-5-3-4-20(26(21)35)18-7-9-19(30)10-8-18/h4-14H,3,15-16H2,1-2H3,(H,32,33). The molecular formula is C29H24F2N2O4. The van der Waals surface area contributed by atoms with E-state index in [0.29, 0.717) is 47.0 Å². The van der Waals surface area contributed by atoms with E-state index in [9.17, 15) is 18.4 Å². The molecule has 6 nitrogen and oxygen atoms in total. The lowest BCUT2D eigenvalue weighted by atomic mass is 9.88. The van der Waals surface area contributed by atoms with Crippen LogP contribution in [0.5, 0.6) is 17.2 Å². The molecule has 0 bridgehead atoms. The number of hydrogen-bond donors (Lipinski definition) is 1. The van der Waals surface area contributed by atoms with E-state index in [0.717, 1.165) is 0 Å². The van der Waals surface area contributed by atoms with Crippen LogP contribution in [-0.4, -0.2) is 28.7 Å². The van der Waals surface area contributed by atoms with Crippen molar-refractivity contribution < 1.29 is 27.8 Å². The number of ether oxygens (including phenoxy) is 2. The molecule has 37 heavy (non-hydrogen) atoms. The number of carbonyl (C=O) groups is 2. The quantitative estimate of drug-likeness (QED) is 0.428. The molecule has 0 unspecified atom stereocenters. The van der Waals surface area contributed by atoms with E-state index in [2.05, 4.69) is 10.3 Å². The van der Waals surface area contributed by atoms with Crippen LogP contribution < -0.4 is 14.8 Å². The number of rotatable bonds is 6. The Morgan fingerprint density at radius 1 is 1.08 bits per heavy atom. The van der Waals surface area contributed by atoms with Gasteiger partial charge in [-0.3, -0.25) is 9.59 Å². The van der Waals surface area contributed by atoms with Crippen molar-refractivity contribution in [1.29, 1.82) is 0 Å². The third-order valence-corrected chi connectivity index (χ3v) is 6.07. The van der Waals surface area contributed by atoms with Gasteiger partial charge in [0.05, 0.1) is 11.1 Å². The first-order valence-corrected chi connectivity index (χ1v) is 11.8. The number of benzene rings is 2. The smallest absolute Gasteiger partial charge is 0.204 e. The number of nitrogens with one attached hydrogen (secondary N) is 1. The van der Waals surface area contributed by atoms with Gasteiger partial charge in [-0.2, -0.15) is 0 Å². The Kier molecular flexibility index (Phi) is 6.33. The molecule has 0 fully saturated rings. The van der Waals surface area contributed by atoms with E-state index in [1.54, 1.807) is 30.5 Å². The van der Waals surface area contributed by atoms with Crippen LogP contribution in [0, 0.1) is 11.6 Å². The van der Waals surface area contributed by atoms with Crippen molar-refractivity contribution in [3.05, 3.63) is 95.2 Å². The minimum Gasteiger partial charge on any atom is -0.484 e. The monoisotopic (exact) mass is 502 g/mol. The number of Topliss-reactive ketones (excluding diaryl/α,β-unsaturated/α-hetero) is 2. The highest BCUT2D eigenvalue weighted by atomic mass is 19.1. The number of carbonyl (C=O) groups excluding carboxylic acids is 2. The van der Waals surface area contributed by atoms with Gasteiger partial charge in [0.2, 0.25) is 5.75 Å². The number of pyridine rings is 1. The highest BCUT2D eigenvalue weighted by Crippen LogP contribution is 2.41. The van der Waals surface area contributed by atoms with Crippen molar-refractivity contribution in [2.75, 3.05) is 11.9 Å². The lowest BCUT2D eigenvalue weighted by Gasteiger charge is -2.33. The van der Waals surface area contributed by atoms with Crippen LogP contribution in [0.4, 0.5) is 14.6 Å². The van der Waals surface area contributed by atoms with Crippen LogP contribution in [-0.2, 0) is 16.0 Å². The van der Waals surface area contributed by atoms with Crippen LogP contribution in [0.15, 0.2) is 72.5 Å². The first-order valence-electron chi connectivity index (χ1n) is 11.8. The number of hydrogen-bond acceptors (Lipinski definition) is 6. The highest BCUT2D eigenvalue weighted by Gasteiger charge is 2.29. The second-order valence-corrected chi connectivity index (χ2v) is 9.56. The minimum absolute atomic E-state index is 0.0347. The fourth-order valence-electron chi connectivity index (χ4n) is 4.23. The van der Waals surface area contributed by atoms with Gasteiger partial charge in [0, 0.05) is 24.3 Å². The average molecular weight is 503 g/mol. The van der Waals surface area contributed by atoms with Gasteiger partial charge in [-0.25, -0.2) is 13.8 Å². The van der Waals surface area contributed by atoms with Crippen LogP contribution in [0.2, 0.25) is 0 Å². The maximum Gasteiger partial charge on any atom is 0.204 e. The maximum atomic E-state index is 14.9. The van der Waals surface area contributed by atoms with Gasteiger partial charge < -0.3 is 14.8 Å². The van der Waals surface area contributed by atoms with Gasteiger partial charge in [0.1, 0.15) is 12.4 Å². The first-order chi connectivity index (χ1) is 17.7. The summed E-state index contributed by atoms with van der Waals surface area (Å²) >= 11 is 0. The van der Waals surface area contributed by atoms with Crippen molar-refractivity contribution in [2.24, 2.45) is 0 Å². The zero-order valence-electron chi connectivity index (χ0n) is 20.3. The van der Waals surface area contributed by atoms with Gasteiger partial charge in [0.15, 0.2) is 34.7 Å². The summed E-state index contributed by atoms with van der Waals surface area (Å²) in [7, 11) is 0. The largest absolute Gasteiger partial charge is 0.484 e. The number of allylic oxidation sites excluding steroid dienone is 4. The Hall–Kier alpha value is -4.33. The zero-order valence-corrected chi connectivity index (χ0v) is 20.3. The minimum atomic E-state index is -0.657. The van der Waals surface area contributed by atoms with Gasteiger partial charge in [-0.15, -0.1) is 0 Å². The third-order valence-electron chi connectivity index (χ3n) is 6.07. The fourth-order valence-corrected chi connectivity index (χ4v) is 4.23. The molecule has 2 heterocycles. The SMILES string of the molecule is CC1(C)COc2c(Oc3ccc(CC(=O)C4=CCC=C(c5ccc(F)cc5)C4=O)cc3F)ccnc2N1. The summed E-state index contributed by atoms with van der Waals surface area (Å²) in [5.74, 6) is -0.731. The van der Waals surface area contributed by atoms with Crippen molar-refractivity contribution in [1.82, 2.24) is 4.98 Å². The second-order valence-electron chi connectivity index (χ2n) is 9.56. The lowest BCUT2D eigenvalue weighted by molar-refractivity contribution is -0.118. The van der Waals surface area contributed by atoms with E-state index >= 15 is 0 Å². The Bertz CT molecular complexity index is 1460. The molecule has 1 N–H and O–H groups in total. The molecule has 8 heteroatoms. The lowest BCUT2D eigenvalue weighted by Crippen LogP contribution is -2.41. The maximum absolute atomic E-state index is 14.9. The summed E-state index contributed by atoms with van der Waals surface area (Å²) in [6.45, 7) is 4.33. The van der Waals surface area contributed by atoms with E-state index in [1.807, 2.05) is 13.8 Å². The van der Waals surface area contributed by atoms with Crippen molar-refractivity contribution in [3.63, 3.8) is 0 Å². The molecule has 0 radical (unpaired) electrons. The second kappa shape index (κ2) is 9.61. The molecule has 3 aromatic rings. The van der Waals surface area contributed by atoms with Crippen LogP contribution in [0.25, 0.3) is 5.57 Å². The highest BCUT2D eigenvalue weighted by molar-refractivity contribution is 6.39. The van der Waals surface area contributed by atoms with Crippen molar-refractivity contribution >= 4 is 23.0 Å². The molecule has 0 saturated carbocycles. The summed E-state index contributed by atoms with van der Waals surface area (Å²) in [5, 5.41) is 3.26. The molecule has 0 saturated heterocycles. The van der Waals surface area contributed by atoms with E-state index in [4.69, 9.17) is 9.47 Å². The van der Waals surface area contributed by atoms with Gasteiger partial charge in [0.25, 0.3) is 0 Å². The number of ketones is 2. The van der Waals surface area contributed by atoms with Crippen LogP contribution in [0.3, 0.4) is 0 Å². The topological polar surface area (TPSA) is 77.5 Å². The predicted molar refractivity (Wildman–Crippen MR) is 135 cm³/mol. The van der Waals surface area contributed by atoms with Gasteiger partial charge >= 0.3 is 0 Å². The summed E-state index contributed by atoms with van der Waals surface area (Å²) in [6, 6.07) is 11.4. The number of aromatic nitrogens is 1. The van der Waals surface area contributed by atoms with Crippen molar-refractivity contribution in [2.45, 2.75) is 32.2 Å². The Morgan fingerprint density at radius 2 is 1.86 bits per heavy atom. The Labute approximate surface area is 212 Å². The third kappa shape index (κ3) is 5.14. The summed E-state index contributed by atoms with van der Waals surface area (Å²) < 4.78 is 39.8. The Balaban J connectivity index is 1.29. The molecule has 5 rings (SSSR count). The van der Waals surface area contributed by atoms with Crippen LogP contribution in [0.1, 0.15) is 31.4 Å². The van der Waals surface area contributed by atoms with E-state index in [1.165, 1.54) is 36.4 Å². The molecular weight excluding hydrogens is 478 g/mol. The van der Waals surface area contributed by atoms with E-state index < -0.39 is 23.2 Å². The number of nitrogens with zero attached hydrogens (tertiary/aromatic N) is 1. The van der Waals surface area contributed by atoms with Crippen LogP contribution >= 0.6 is 0 Å². The number of anilines is 1. The normalized spacial score (nSPS) is 16.1. The molecule has 0 amide bonds. The number of halogens is 2. The molecule has 2 aromatic carbocycles. The average Bonchev–Trinajstić information content (AvgIpc) is 2.86.